The number of benzene rings is 2. The van der Waals surface area contributed by atoms with E-state index in [9.17, 15) is 10.2 Å². The number of aryl methyl sites for hydroxylation is 1. The third kappa shape index (κ3) is 4.65. The standard InChI is InChI=1S/C22H27NO3/c1-2-6-17-7-3-4-10-22(17)26-15-19(25)14-23-21-9-5-8-16-11-12-18(24)13-20(16)21/h2-4,7,10-13,19,21,23-25H,1,5-6,8-9,14-15H2. The number of hydrogen-bond donors (Lipinski definition) is 3. The van der Waals surface area contributed by atoms with E-state index in [1.54, 1.807) is 6.07 Å². The van der Waals surface area contributed by atoms with Crippen LogP contribution in [0.25, 0.3) is 0 Å². The van der Waals surface area contributed by atoms with Crippen molar-refractivity contribution >= 4 is 0 Å². The lowest BCUT2D eigenvalue weighted by Gasteiger charge is -2.27. The number of allylic oxidation sites excluding steroid dienone is 1. The van der Waals surface area contributed by atoms with Gasteiger partial charge in [0.15, 0.2) is 0 Å². The Labute approximate surface area is 155 Å². The zero-order chi connectivity index (χ0) is 18.4. The molecule has 26 heavy (non-hydrogen) atoms. The van der Waals surface area contributed by atoms with Crippen LogP contribution in [0.2, 0.25) is 0 Å². The number of nitrogens with one attached hydrogen (secondary N) is 1. The Morgan fingerprint density at radius 1 is 1.27 bits per heavy atom. The van der Waals surface area contributed by atoms with Gasteiger partial charge in [-0.3, -0.25) is 0 Å². The van der Waals surface area contributed by atoms with Crippen molar-refractivity contribution < 1.29 is 14.9 Å². The number of para-hydroxylation sites is 1. The van der Waals surface area contributed by atoms with Gasteiger partial charge >= 0.3 is 0 Å². The fraction of sp³-hybridized carbons (Fsp3) is 0.364. The molecule has 0 aromatic heterocycles. The van der Waals surface area contributed by atoms with Crippen molar-refractivity contribution in [2.24, 2.45) is 0 Å². The van der Waals surface area contributed by atoms with Crippen molar-refractivity contribution in [1.29, 1.82) is 0 Å². The first-order valence-electron chi connectivity index (χ1n) is 9.22. The summed E-state index contributed by atoms with van der Waals surface area (Å²) < 4.78 is 5.80. The summed E-state index contributed by atoms with van der Waals surface area (Å²) in [6.45, 7) is 4.45. The van der Waals surface area contributed by atoms with Crippen LogP contribution in [0, 0.1) is 0 Å². The molecule has 4 heteroatoms. The quantitative estimate of drug-likeness (QED) is 0.636. The summed E-state index contributed by atoms with van der Waals surface area (Å²) >= 11 is 0. The number of rotatable bonds is 8. The summed E-state index contributed by atoms with van der Waals surface area (Å²) in [5, 5.41) is 23.5. The number of phenolic OH excluding ortho intramolecular Hbond substituents is 1. The van der Waals surface area contributed by atoms with Gasteiger partial charge in [-0.15, -0.1) is 6.58 Å². The van der Waals surface area contributed by atoms with Gasteiger partial charge in [0.05, 0.1) is 0 Å². The van der Waals surface area contributed by atoms with Gasteiger partial charge in [-0.05, 0) is 60.6 Å². The summed E-state index contributed by atoms with van der Waals surface area (Å²) in [6.07, 6.45) is 5.14. The molecule has 0 spiro atoms. The number of phenols is 1. The molecule has 0 saturated heterocycles. The van der Waals surface area contributed by atoms with Gasteiger partial charge in [-0.25, -0.2) is 0 Å². The van der Waals surface area contributed by atoms with Crippen molar-refractivity contribution in [2.75, 3.05) is 13.2 Å². The number of aliphatic hydroxyl groups excluding tert-OH is 1. The molecule has 0 radical (unpaired) electrons. The maximum atomic E-state index is 10.3. The van der Waals surface area contributed by atoms with Gasteiger partial charge in [-0.2, -0.15) is 0 Å². The van der Waals surface area contributed by atoms with Gasteiger partial charge in [0.1, 0.15) is 24.2 Å². The van der Waals surface area contributed by atoms with Crippen molar-refractivity contribution in [3.05, 3.63) is 71.8 Å². The number of hydrogen-bond acceptors (Lipinski definition) is 4. The molecule has 1 aliphatic carbocycles. The van der Waals surface area contributed by atoms with Gasteiger partial charge in [-0.1, -0.05) is 30.3 Å². The lowest BCUT2D eigenvalue weighted by molar-refractivity contribution is 0.102. The van der Waals surface area contributed by atoms with Crippen LogP contribution in [0.5, 0.6) is 11.5 Å². The number of aliphatic hydroxyl groups is 1. The second-order valence-corrected chi connectivity index (χ2v) is 6.80. The van der Waals surface area contributed by atoms with Crippen molar-refractivity contribution in [2.45, 2.75) is 37.8 Å². The molecule has 4 nitrogen and oxygen atoms in total. The molecule has 3 N–H and O–H groups in total. The molecule has 0 heterocycles. The zero-order valence-electron chi connectivity index (χ0n) is 15.0. The summed E-state index contributed by atoms with van der Waals surface area (Å²) in [4.78, 5) is 0. The zero-order valence-corrected chi connectivity index (χ0v) is 15.0. The van der Waals surface area contributed by atoms with E-state index in [2.05, 4.69) is 11.9 Å². The summed E-state index contributed by atoms with van der Waals surface area (Å²) in [7, 11) is 0. The van der Waals surface area contributed by atoms with E-state index in [0.29, 0.717) is 12.3 Å². The molecule has 2 atom stereocenters. The first-order valence-corrected chi connectivity index (χ1v) is 9.22. The fourth-order valence-corrected chi connectivity index (χ4v) is 3.49. The van der Waals surface area contributed by atoms with E-state index in [0.717, 1.165) is 42.6 Å². The van der Waals surface area contributed by atoms with Gasteiger partial charge in [0.25, 0.3) is 0 Å². The van der Waals surface area contributed by atoms with Crippen molar-refractivity contribution in [1.82, 2.24) is 5.32 Å². The first-order chi connectivity index (χ1) is 12.7. The van der Waals surface area contributed by atoms with Crippen LogP contribution in [-0.2, 0) is 12.8 Å². The minimum Gasteiger partial charge on any atom is -0.508 e. The molecule has 0 amide bonds. The van der Waals surface area contributed by atoms with Crippen LogP contribution in [-0.4, -0.2) is 29.5 Å². The Balaban J connectivity index is 1.53. The SMILES string of the molecule is C=CCc1ccccc1OCC(O)CNC1CCCc2ccc(O)cc21. The highest BCUT2D eigenvalue weighted by atomic mass is 16.5. The topological polar surface area (TPSA) is 61.7 Å². The minimum absolute atomic E-state index is 0.161. The second kappa shape index (κ2) is 8.88. The van der Waals surface area contributed by atoms with Gasteiger partial charge < -0.3 is 20.3 Å². The first kappa shape index (κ1) is 18.5. The van der Waals surface area contributed by atoms with E-state index in [4.69, 9.17) is 4.74 Å². The van der Waals surface area contributed by atoms with E-state index < -0.39 is 6.10 Å². The van der Waals surface area contributed by atoms with Crippen molar-refractivity contribution in [3.8, 4) is 11.5 Å². The monoisotopic (exact) mass is 353 g/mol. The Morgan fingerprint density at radius 3 is 2.96 bits per heavy atom. The highest BCUT2D eigenvalue weighted by molar-refractivity contribution is 5.38. The molecule has 1 aliphatic rings. The normalized spacial score (nSPS) is 17.3. The third-order valence-electron chi connectivity index (χ3n) is 4.81. The largest absolute Gasteiger partial charge is 0.508 e. The van der Waals surface area contributed by atoms with Crippen LogP contribution in [0.4, 0.5) is 0 Å². The molecule has 0 aliphatic heterocycles. The van der Waals surface area contributed by atoms with E-state index in [-0.39, 0.29) is 12.6 Å². The number of fused-ring (bicyclic) bond motifs is 1. The highest BCUT2D eigenvalue weighted by Gasteiger charge is 2.21. The molecule has 3 rings (SSSR count). The minimum atomic E-state index is -0.602. The van der Waals surface area contributed by atoms with Crippen LogP contribution in [0.3, 0.4) is 0 Å². The maximum Gasteiger partial charge on any atom is 0.122 e. The van der Waals surface area contributed by atoms with Crippen LogP contribution >= 0.6 is 0 Å². The molecule has 0 bridgehead atoms. The molecular formula is C22H27NO3. The predicted molar refractivity (Wildman–Crippen MR) is 104 cm³/mol. The molecular weight excluding hydrogens is 326 g/mol. The summed E-state index contributed by atoms with van der Waals surface area (Å²) in [5.41, 5.74) is 3.48. The molecule has 2 unspecified atom stereocenters. The van der Waals surface area contributed by atoms with E-state index >= 15 is 0 Å². The van der Waals surface area contributed by atoms with E-state index in [1.807, 2.05) is 42.5 Å². The average molecular weight is 353 g/mol. The van der Waals surface area contributed by atoms with Crippen LogP contribution in [0.1, 0.15) is 35.6 Å². The molecule has 2 aromatic rings. The lowest BCUT2D eigenvalue weighted by Crippen LogP contribution is -2.35. The molecule has 138 valence electrons. The van der Waals surface area contributed by atoms with Crippen LogP contribution < -0.4 is 10.1 Å². The highest BCUT2D eigenvalue weighted by Crippen LogP contribution is 2.32. The van der Waals surface area contributed by atoms with Crippen LogP contribution in [0.15, 0.2) is 55.1 Å². The third-order valence-corrected chi connectivity index (χ3v) is 4.81. The van der Waals surface area contributed by atoms with E-state index in [1.165, 1.54) is 5.56 Å². The summed E-state index contributed by atoms with van der Waals surface area (Å²) in [6, 6.07) is 13.6. The fourth-order valence-electron chi connectivity index (χ4n) is 3.49. The predicted octanol–water partition coefficient (Wildman–Crippen LogP) is 3.53. The number of aromatic hydroxyl groups is 1. The maximum absolute atomic E-state index is 10.3. The smallest absolute Gasteiger partial charge is 0.122 e. The molecule has 0 fully saturated rings. The molecule has 2 aromatic carbocycles. The Bertz CT molecular complexity index is 744. The average Bonchev–Trinajstić information content (AvgIpc) is 2.66. The lowest BCUT2D eigenvalue weighted by atomic mass is 9.87. The molecule has 0 saturated carbocycles. The summed E-state index contributed by atoms with van der Waals surface area (Å²) in [5.74, 6) is 1.08. The van der Waals surface area contributed by atoms with Gasteiger partial charge in [0, 0.05) is 12.6 Å². The van der Waals surface area contributed by atoms with Gasteiger partial charge in [0.2, 0.25) is 0 Å². The van der Waals surface area contributed by atoms with Crippen molar-refractivity contribution in [3.63, 3.8) is 0 Å². The number of ether oxygens (including phenoxy) is 1. The second-order valence-electron chi connectivity index (χ2n) is 6.80. The Hall–Kier alpha value is -2.30. The Morgan fingerprint density at radius 2 is 2.12 bits per heavy atom. The Kier molecular flexibility index (Phi) is 6.31.